The molecule has 2 unspecified atom stereocenters. The van der Waals surface area contributed by atoms with Gasteiger partial charge < -0.3 is 9.64 Å². The van der Waals surface area contributed by atoms with Crippen LogP contribution < -0.4 is 5.32 Å². The molecule has 2 atom stereocenters. The van der Waals surface area contributed by atoms with Crippen molar-refractivity contribution in [2.75, 3.05) is 32.8 Å². The molecule has 1 saturated heterocycles. The minimum absolute atomic E-state index is 0.355. The minimum Gasteiger partial charge on any atom is -0.377 e. The van der Waals surface area contributed by atoms with Crippen LogP contribution in [-0.2, 0) is 4.74 Å². The molecular formula is C16H31N3O. The summed E-state index contributed by atoms with van der Waals surface area (Å²) in [5.74, 6) is 0. The monoisotopic (exact) mass is 281 g/mol. The number of unbranched alkanes of at least 4 members (excludes halogenated alkanes) is 1. The van der Waals surface area contributed by atoms with Crippen molar-refractivity contribution in [1.82, 2.24) is 10.2 Å². The molecule has 20 heavy (non-hydrogen) atoms. The molecule has 0 aromatic rings. The van der Waals surface area contributed by atoms with Gasteiger partial charge in [-0.15, -0.1) is 0 Å². The Bertz CT molecular complexity index is 303. The van der Waals surface area contributed by atoms with Crippen molar-refractivity contribution in [3.63, 3.8) is 0 Å². The first-order valence-corrected chi connectivity index (χ1v) is 8.10. The van der Waals surface area contributed by atoms with Crippen molar-refractivity contribution in [3.05, 3.63) is 0 Å². The van der Waals surface area contributed by atoms with Gasteiger partial charge in [0.1, 0.15) is 5.54 Å². The molecule has 0 spiro atoms. The molecular weight excluding hydrogens is 250 g/mol. The van der Waals surface area contributed by atoms with E-state index < -0.39 is 0 Å². The molecule has 1 fully saturated rings. The highest BCUT2D eigenvalue weighted by Crippen LogP contribution is 2.14. The summed E-state index contributed by atoms with van der Waals surface area (Å²) in [6, 6.07) is 2.42. The zero-order chi connectivity index (χ0) is 14.8. The summed E-state index contributed by atoms with van der Waals surface area (Å²) in [4.78, 5) is 2.50. The number of nitriles is 1. The lowest BCUT2D eigenvalue weighted by Crippen LogP contribution is -2.41. The van der Waals surface area contributed by atoms with Crippen molar-refractivity contribution in [2.24, 2.45) is 0 Å². The minimum atomic E-state index is -0.356. The second kappa shape index (κ2) is 9.33. The first-order valence-electron chi connectivity index (χ1n) is 8.10. The van der Waals surface area contributed by atoms with Gasteiger partial charge in [-0.25, -0.2) is 0 Å². The number of nitrogens with one attached hydrogen (secondary N) is 1. The summed E-state index contributed by atoms with van der Waals surface area (Å²) in [5, 5.41) is 12.6. The Hall–Kier alpha value is -0.630. The fourth-order valence-corrected chi connectivity index (χ4v) is 2.68. The van der Waals surface area contributed by atoms with Crippen LogP contribution in [0.1, 0.15) is 52.9 Å². The van der Waals surface area contributed by atoms with Crippen LogP contribution in [0.4, 0.5) is 0 Å². The van der Waals surface area contributed by atoms with Crippen LogP contribution in [0, 0.1) is 11.3 Å². The van der Waals surface area contributed by atoms with Gasteiger partial charge in [0.05, 0.1) is 12.2 Å². The maximum atomic E-state index is 9.29. The standard InChI is InChI=1S/C16H31N3O/c1-4-9-18-16(3,14-17)8-5-6-10-19-11-7-12-20-15(2)13-19/h15,18H,4-13H2,1-3H3. The summed E-state index contributed by atoms with van der Waals surface area (Å²) in [5.41, 5.74) is -0.356. The van der Waals surface area contributed by atoms with Crippen molar-refractivity contribution in [2.45, 2.75) is 64.5 Å². The van der Waals surface area contributed by atoms with Crippen LogP contribution in [0.2, 0.25) is 0 Å². The van der Waals surface area contributed by atoms with E-state index in [1.807, 2.05) is 6.92 Å². The molecule has 1 rings (SSSR count). The van der Waals surface area contributed by atoms with E-state index >= 15 is 0 Å². The maximum absolute atomic E-state index is 9.29. The number of hydrogen-bond donors (Lipinski definition) is 1. The Labute approximate surface area is 124 Å². The Morgan fingerprint density at radius 3 is 2.95 bits per heavy atom. The number of hydrogen-bond acceptors (Lipinski definition) is 4. The Morgan fingerprint density at radius 2 is 2.25 bits per heavy atom. The van der Waals surface area contributed by atoms with Gasteiger partial charge in [0.2, 0.25) is 0 Å². The fraction of sp³-hybridized carbons (Fsp3) is 0.938. The molecule has 0 aromatic carbocycles. The van der Waals surface area contributed by atoms with E-state index in [2.05, 4.69) is 30.1 Å². The van der Waals surface area contributed by atoms with E-state index in [0.29, 0.717) is 6.10 Å². The zero-order valence-corrected chi connectivity index (χ0v) is 13.5. The van der Waals surface area contributed by atoms with Gasteiger partial charge in [0.15, 0.2) is 0 Å². The smallest absolute Gasteiger partial charge is 0.103 e. The summed E-state index contributed by atoms with van der Waals surface area (Å²) in [6.45, 7) is 11.4. The van der Waals surface area contributed by atoms with Gasteiger partial charge in [0, 0.05) is 19.7 Å². The summed E-state index contributed by atoms with van der Waals surface area (Å²) in [6.07, 6.45) is 5.77. The molecule has 0 radical (unpaired) electrons. The van der Waals surface area contributed by atoms with E-state index in [1.54, 1.807) is 0 Å². The normalized spacial score (nSPS) is 23.8. The highest BCUT2D eigenvalue weighted by molar-refractivity contribution is 5.03. The van der Waals surface area contributed by atoms with Crippen molar-refractivity contribution in [3.8, 4) is 6.07 Å². The second-order valence-corrected chi connectivity index (χ2v) is 6.16. The van der Waals surface area contributed by atoms with Crippen molar-refractivity contribution in [1.29, 1.82) is 5.26 Å². The van der Waals surface area contributed by atoms with E-state index in [-0.39, 0.29) is 5.54 Å². The molecule has 1 aliphatic heterocycles. The molecule has 0 saturated carbocycles. The van der Waals surface area contributed by atoms with Crippen LogP contribution >= 0.6 is 0 Å². The average Bonchev–Trinajstić information content (AvgIpc) is 2.66. The Kier molecular flexibility index (Phi) is 8.13. The molecule has 4 nitrogen and oxygen atoms in total. The maximum Gasteiger partial charge on any atom is 0.103 e. The third kappa shape index (κ3) is 6.69. The molecule has 1 aliphatic rings. The lowest BCUT2D eigenvalue weighted by Gasteiger charge is -2.25. The molecule has 4 heteroatoms. The average molecular weight is 281 g/mol. The number of rotatable bonds is 8. The van der Waals surface area contributed by atoms with Crippen LogP contribution in [0.5, 0.6) is 0 Å². The molecule has 1 heterocycles. The van der Waals surface area contributed by atoms with Gasteiger partial charge in [-0.2, -0.15) is 5.26 Å². The third-order valence-corrected chi connectivity index (χ3v) is 3.95. The Balaban J connectivity index is 2.21. The van der Waals surface area contributed by atoms with E-state index in [0.717, 1.165) is 64.9 Å². The van der Waals surface area contributed by atoms with Gasteiger partial charge in [0.25, 0.3) is 0 Å². The first kappa shape index (κ1) is 17.4. The number of nitrogens with zero attached hydrogens (tertiary/aromatic N) is 2. The van der Waals surface area contributed by atoms with E-state index in [4.69, 9.17) is 4.74 Å². The lowest BCUT2D eigenvalue weighted by atomic mass is 9.96. The topological polar surface area (TPSA) is 48.3 Å². The summed E-state index contributed by atoms with van der Waals surface area (Å²) < 4.78 is 5.66. The largest absolute Gasteiger partial charge is 0.377 e. The fourth-order valence-electron chi connectivity index (χ4n) is 2.68. The van der Waals surface area contributed by atoms with Gasteiger partial charge in [-0.05, 0) is 59.0 Å². The van der Waals surface area contributed by atoms with Crippen LogP contribution in [0.25, 0.3) is 0 Å². The summed E-state index contributed by atoms with van der Waals surface area (Å²) >= 11 is 0. The molecule has 1 N–H and O–H groups in total. The predicted molar refractivity (Wildman–Crippen MR) is 82.6 cm³/mol. The third-order valence-electron chi connectivity index (χ3n) is 3.95. The lowest BCUT2D eigenvalue weighted by molar-refractivity contribution is 0.0675. The van der Waals surface area contributed by atoms with Crippen molar-refractivity contribution >= 4 is 0 Å². The van der Waals surface area contributed by atoms with E-state index in [9.17, 15) is 5.26 Å². The van der Waals surface area contributed by atoms with Crippen LogP contribution in [0.3, 0.4) is 0 Å². The second-order valence-electron chi connectivity index (χ2n) is 6.16. The first-order chi connectivity index (χ1) is 9.59. The molecule has 0 aliphatic carbocycles. The zero-order valence-electron chi connectivity index (χ0n) is 13.5. The van der Waals surface area contributed by atoms with Gasteiger partial charge in [-0.3, -0.25) is 5.32 Å². The van der Waals surface area contributed by atoms with Crippen molar-refractivity contribution < 1.29 is 4.74 Å². The Morgan fingerprint density at radius 1 is 1.45 bits per heavy atom. The SMILES string of the molecule is CCCNC(C)(C#N)CCCCN1CCCOC(C)C1. The highest BCUT2D eigenvalue weighted by Gasteiger charge is 2.22. The van der Waals surface area contributed by atoms with Crippen LogP contribution in [-0.4, -0.2) is 49.3 Å². The van der Waals surface area contributed by atoms with Gasteiger partial charge >= 0.3 is 0 Å². The molecule has 0 bridgehead atoms. The van der Waals surface area contributed by atoms with Gasteiger partial charge in [-0.1, -0.05) is 6.92 Å². The predicted octanol–water partition coefficient (Wildman–Crippen LogP) is 2.55. The molecule has 0 aromatic heterocycles. The molecule has 0 amide bonds. The summed E-state index contributed by atoms with van der Waals surface area (Å²) in [7, 11) is 0. The molecule has 116 valence electrons. The quantitative estimate of drug-likeness (QED) is 0.695. The highest BCUT2D eigenvalue weighted by atomic mass is 16.5. The van der Waals surface area contributed by atoms with Crippen LogP contribution in [0.15, 0.2) is 0 Å². The number of ether oxygens (including phenoxy) is 1. The van der Waals surface area contributed by atoms with E-state index in [1.165, 1.54) is 0 Å².